The zero-order chi connectivity index (χ0) is 29.1. The van der Waals surface area contributed by atoms with Crippen LogP contribution in [0.1, 0.15) is 35.1 Å². The van der Waals surface area contributed by atoms with Gasteiger partial charge in [0, 0.05) is 59.7 Å². The summed E-state index contributed by atoms with van der Waals surface area (Å²) >= 11 is 0. The van der Waals surface area contributed by atoms with Gasteiger partial charge in [0.15, 0.2) is 0 Å². The molecule has 12 nitrogen and oxygen atoms in total. The molecular weight excluding hydrogens is 512 g/mol. The van der Waals surface area contributed by atoms with E-state index in [1.807, 2.05) is 29.0 Å². The molecule has 0 spiro atoms. The summed E-state index contributed by atoms with van der Waals surface area (Å²) in [6.45, 7) is 3.45. The third-order valence-corrected chi connectivity index (χ3v) is 6.62. The molecule has 0 aliphatic carbocycles. The molecule has 0 atom stereocenters. The van der Waals surface area contributed by atoms with Gasteiger partial charge in [-0.15, -0.1) is 6.42 Å². The van der Waals surface area contributed by atoms with Crippen molar-refractivity contribution in [3.05, 3.63) is 40.7 Å². The van der Waals surface area contributed by atoms with Crippen LogP contribution in [0, 0.1) is 23.7 Å². The smallest absolute Gasteiger partial charge is 0.237 e. The Labute approximate surface area is 235 Å². The number of terminal acetylenes is 1. The van der Waals surface area contributed by atoms with Crippen molar-refractivity contribution >= 4 is 29.6 Å². The molecule has 0 bridgehead atoms. The van der Waals surface area contributed by atoms with Crippen LogP contribution in [0.2, 0.25) is 0 Å². The number of piperazine rings is 1. The molecule has 0 unspecified atom stereocenters. The Kier molecular flexibility index (Phi) is 11.2. The molecule has 2 amide bonds. The fourth-order valence-corrected chi connectivity index (χ4v) is 4.51. The molecule has 2 aliphatic heterocycles. The molecule has 4 rings (SSSR count). The molecule has 1 fully saturated rings. The summed E-state index contributed by atoms with van der Waals surface area (Å²) in [7, 11) is 6.81. The molecule has 2 aromatic rings. The van der Waals surface area contributed by atoms with Gasteiger partial charge in [0.05, 0.1) is 24.3 Å². The van der Waals surface area contributed by atoms with Crippen molar-refractivity contribution in [2.24, 2.45) is 0 Å². The Balaban J connectivity index is 0.000000267. The third kappa shape index (κ3) is 7.45. The van der Waals surface area contributed by atoms with Crippen molar-refractivity contribution in [2.45, 2.75) is 25.7 Å². The van der Waals surface area contributed by atoms with Gasteiger partial charge in [-0.1, -0.05) is 5.92 Å². The molecule has 2 aromatic heterocycles. The summed E-state index contributed by atoms with van der Waals surface area (Å²) in [5, 5.41) is 14.6. The molecule has 12 heteroatoms. The summed E-state index contributed by atoms with van der Waals surface area (Å²) in [5.74, 6) is 3.90. The van der Waals surface area contributed by atoms with Crippen molar-refractivity contribution in [3.63, 3.8) is 0 Å². The number of aryl methyl sites for hydroxylation is 1. The summed E-state index contributed by atoms with van der Waals surface area (Å²) in [6, 6.07) is 5.83. The molecule has 40 heavy (non-hydrogen) atoms. The number of likely N-dealkylation sites (N-methyl/N-ethyl adjacent to an activating group) is 1. The Morgan fingerprint density at radius 2 is 2.02 bits per heavy atom. The Bertz CT molecular complexity index is 1270. The number of amides is 2. The van der Waals surface area contributed by atoms with Crippen LogP contribution >= 0.6 is 0 Å². The lowest BCUT2D eigenvalue weighted by Gasteiger charge is -2.33. The number of hydrogen-bond donors (Lipinski definition) is 2. The number of ether oxygens (including phenoxy) is 2. The first kappa shape index (κ1) is 30.3. The van der Waals surface area contributed by atoms with E-state index in [0.717, 1.165) is 36.9 Å². The first-order chi connectivity index (χ1) is 19.4. The van der Waals surface area contributed by atoms with Crippen LogP contribution in [-0.4, -0.2) is 93.1 Å². The quantitative estimate of drug-likeness (QED) is 0.270. The second kappa shape index (κ2) is 14.8. The van der Waals surface area contributed by atoms with E-state index >= 15 is 0 Å². The number of rotatable bonds is 9. The van der Waals surface area contributed by atoms with Crippen molar-refractivity contribution in [3.8, 4) is 18.4 Å². The average molecular weight is 549 g/mol. The number of nitriles is 1. The number of nitrogens with zero attached hydrogens (tertiary/aromatic N) is 6. The number of pyridine rings is 2. The topological polar surface area (TPSA) is 136 Å². The van der Waals surface area contributed by atoms with Crippen LogP contribution in [-0.2, 0) is 32.0 Å². The SMILES string of the molecule is C#CCNc1cc(NC)ncc1C#N.COC(OC)c1nc2c(cc1CN1CCN(C)CC1=O)CCCN2C=O. The standard InChI is InChI=1S/C18H26N4O4.C10H10N4/c1-20-7-8-21(15(24)11-20)10-14-9-13-5-4-6-22(12-23)17(13)19-16(14)18(25-2)26-3;1-3-4-13-9-5-10(12-2)14-7-8(9)6-11/h9,12,18H,4-8,10-11H2,1-3H3;1,5,7H,4H2,2H3,(H2,12,13,14). The molecule has 0 aromatic carbocycles. The van der Waals surface area contributed by atoms with Gasteiger partial charge in [-0.25, -0.2) is 9.97 Å². The zero-order valence-corrected chi connectivity index (χ0v) is 23.4. The van der Waals surface area contributed by atoms with Gasteiger partial charge < -0.3 is 25.0 Å². The molecular formula is C28H36N8O4. The van der Waals surface area contributed by atoms with Crippen LogP contribution in [0.25, 0.3) is 0 Å². The van der Waals surface area contributed by atoms with E-state index in [0.29, 0.717) is 61.3 Å². The summed E-state index contributed by atoms with van der Waals surface area (Å²) < 4.78 is 10.8. The summed E-state index contributed by atoms with van der Waals surface area (Å²) in [6.07, 6.45) is 8.55. The van der Waals surface area contributed by atoms with Gasteiger partial charge >= 0.3 is 0 Å². The van der Waals surface area contributed by atoms with Crippen LogP contribution in [0.15, 0.2) is 18.3 Å². The number of methoxy groups -OCH3 is 2. The van der Waals surface area contributed by atoms with Crippen molar-refractivity contribution in [1.29, 1.82) is 5.26 Å². The Morgan fingerprint density at radius 1 is 1.25 bits per heavy atom. The number of carbonyl (C=O) groups is 2. The van der Waals surface area contributed by atoms with Gasteiger partial charge in [-0.05, 0) is 37.1 Å². The van der Waals surface area contributed by atoms with E-state index in [4.69, 9.17) is 26.1 Å². The minimum atomic E-state index is -0.645. The van der Waals surface area contributed by atoms with Crippen molar-refractivity contribution < 1.29 is 19.1 Å². The maximum absolute atomic E-state index is 12.4. The largest absolute Gasteiger partial charge is 0.373 e. The van der Waals surface area contributed by atoms with E-state index in [1.54, 1.807) is 32.2 Å². The number of nitrogens with one attached hydrogen (secondary N) is 2. The predicted molar refractivity (Wildman–Crippen MR) is 151 cm³/mol. The van der Waals surface area contributed by atoms with Gasteiger partial charge in [0.25, 0.3) is 0 Å². The minimum Gasteiger partial charge on any atom is -0.373 e. The van der Waals surface area contributed by atoms with Crippen LogP contribution in [0.4, 0.5) is 17.3 Å². The monoisotopic (exact) mass is 548 g/mol. The number of anilines is 3. The lowest BCUT2D eigenvalue weighted by atomic mass is 10.0. The highest BCUT2D eigenvalue weighted by Gasteiger charge is 2.28. The van der Waals surface area contributed by atoms with E-state index < -0.39 is 6.29 Å². The predicted octanol–water partition coefficient (Wildman–Crippen LogP) is 1.60. The van der Waals surface area contributed by atoms with Crippen molar-refractivity contribution in [1.82, 2.24) is 19.8 Å². The fraction of sp³-hybridized carbons (Fsp3) is 0.464. The van der Waals surface area contributed by atoms with Crippen LogP contribution in [0.5, 0.6) is 0 Å². The highest BCUT2D eigenvalue weighted by molar-refractivity contribution is 5.79. The first-order valence-corrected chi connectivity index (χ1v) is 12.9. The molecule has 212 valence electrons. The Morgan fingerprint density at radius 3 is 2.65 bits per heavy atom. The molecule has 2 aliphatic rings. The number of carbonyl (C=O) groups excluding carboxylic acids is 2. The normalized spacial score (nSPS) is 14.9. The lowest BCUT2D eigenvalue weighted by Crippen LogP contribution is -2.48. The number of hydrogen-bond acceptors (Lipinski definition) is 10. The zero-order valence-electron chi connectivity index (χ0n) is 23.4. The van der Waals surface area contributed by atoms with E-state index in [1.165, 1.54) is 6.20 Å². The minimum absolute atomic E-state index is 0.100. The van der Waals surface area contributed by atoms with Crippen LogP contribution < -0.4 is 15.5 Å². The van der Waals surface area contributed by atoms with Crippen LogP contribution in [0.3, 0.4) is 0 Å². The summed E-state index contributed by atoms with van der Waals surface area (Å²) in [4.78, 5) is 37.9. The second-order valence-electron chi connectivity index (χ2n) is 9.31. The lowest BCUT2D eigenvalue weighted by molar-refractivity contribution is -0.136. The van der Waals surface area contributed by atoms with E-state index in [9.17, 15) is 9.59 Å². The van der Waals surface area contributed by atoms with Gasteiger partial charge in [0.2, 0.25) is 18.6 Å². The molecule has 2 N–H and O–H groups in total. The average Bonchev–Trinajstić information content (AvgIpc) is 2.98. The van der Waals surface area contributed by atoms with E-state index in [2.05, 4.69) is 21.5 Å². The van der Waals surface area contributed by atoms with E-state index in [-0.39, 0.29) is 5.91 Å². The van der Waals surface area contributed by atoms with Gasteiger partial charge in [-0.2, -0.15) is 5.26 Å². The van der Waals surface area contributed by atoms with Gasteiger partial charge in [0.1, 0.15) is 23.4 Å². The highest BCUT2D eigenvalue weighted by Crippen LogP contribution is 2.31. The maximum Gasteiger partial charge on any atom is 0.237 e. The summed E-state index contributed by atoms with van der Waals surface area (Å²) in [5.41, 5.74) is 3.73. The number of fused-ring (bicyclic) bond motifs is 1. The molecule has 4 heterocycles. The maximum atomic E-state index is 12.4. The van der Waals surface area contributed by atoms with Crippen molar-refractivity contribution in [2.75, 3.05) is 76.6 Å². The number of aromatic nitrogens is 2. The molecule has 0 radical (unpaired) electrons. The molecule has 0 saturated carbocycles. The fourth-order valence-electron chi connectivity index (χ4n) is 4.51. The Hall–Kier alpha value is -4.23. The third-order valence-electron chi connectivity index (χ3n) is 6.62. The van der Waals surface area contributed by atoms with Gasteiger partial charge in [-0.3, -0.25) is 19.4 Å². The first-order valence-electron chi connectivity index (χ1n) is 12.9. The molecule has 1 saturated heterocycles. The highest BCUT2D eigenvalue weighted by atomic mass is 16.7. The second-order valence-corrected chi connectivity index (χ2v) is 9.31.